The molecule has 0 aromatic heterocycles. The monoisotopic (exact) mass is 384 g/mol. The van der Waals surface area contributed by atoms with Gasteiger partial charge in [0.05, 0.1) is 0 Å². The van der Waals surface area contributed by atoms with Gasteiger partial charge in [-0.15, -0.1) is 3.89 Å². The molecule has 0 amide bonds. The van der Waals surface area contributed by atoms with E-state index in [2.05, 4.69) is 32.8 Å². The third kappa shape index (κ3) is 4.06. The predicted molar refractivity (Wildman–Crippen MR) is 78.0 cm³/mol. The van der Waals surface area contributed by atoms with Crippen molar-refractivity contribution in [2.75, 3.05) is 31.1 Å². The Morgan fingerprint density at radius 1 is 1.28 bits per heavy atom. The van der Waals surface area contributed by atoms with Gasteiger partial charge in [0.2, 0.25) is 0 Å². The summed E-state index contributed by atoms with van der Waals surface area (Å²) in [6.07, 6.45) is 0. The predicted octanol–water partition coefficient (Wildman–Crippen LogP) is 1.50. The molecule has 0 radical (unpaired) electrons. The van der Waals surface area contributed by atoms with Crippen LogP contribution < -0.4 is 10.2 Å². The Hall–Kier alpha value is -0.410. The molecule has 0 aliphatic carbocycles. The first kappa shape index (κ1) is 14.0. The molecule has 0 atom stereocenters. The molecule has 1 N–H and O–H groups in total. The van der Waals surface area contributed by atoms with Crippen molar-refractivity contribution in [3.05, 3.63) is 27.3 Å². The first-order valence-corrected chi connectivity index (χ1v) is 8.25. The van der Waals surface area contributed by atoms with Gasteiger partial charge in [0.25, 0.3) is 0 Å². The minimum Gasteiger partial charge on any atom is -0.369 e. The topological polar surface area (TPSA) is 49.4 Å². The molecule has 1 fully saturated rings. The summed E-state index contributed by atoms with van der Waals surface area (Å²) in [4.78, 5) is 2.17. The zero-order valence-electron chi connectivity index (χ0n) is 9.70. The van der Waals surface area contributed by atoms with Crippen LogP contribution in [-0.2, 0) is 16.0 Å². The number of halogens is 2. The van der Waals surface area contributed by atoms with E-state index in [0.29, 0.717) is 5.56 Å². The zero-order valence-corrected chi connectivity index (χ0v) is 12.7. The van der Waals surface area contributed by atoms with E-state index in [4.69, 9.17) is 0 Å². The fraction of sp³-hybridized carbons (Fsp3) is 0.455. The molecule has 1 heterocycles. The van der Waals surface area contributed by atoms with Crippen LogP contribution in [0.4, 0.5) is 9.57 Å². The summed E-state index contributed by atoms with van der Waals surface area (Å²) in [5, 5.41) is 3.25. The van der Waals surface area contributed by atoms with E-state index >= 15 is 0 Å². The quantitative estimate of drug-likeness (QED) is 0.634. The van der Waals surface area contributed by atoms with Gasteiger partial charge in [-0.05, 0) is 46.4 Å². The number of benzene rings is 1. The van der Waals surface area contributed by atoms with Crippen molar-refractivity contribution in [3.63, 3.8) is 0 Å². The Bertz CT molecular complexity index is 530. The normalized spacial score (nSPS) is 16.9. The Balaban J connectivity index is 2.25. The number of rotatable bonds is 3. The number of piperazine rings is 1. The lowest BCUT2D eigenvalue weighted by Gasteiger charge is -2.30. The van der Waals surface area contributed by atoms with E-state index in [1.807, 2.05) is 6.07 Å². The average molecular weight is 384 g/mol. The van der Waals surface area contributed by atoms with Gasteiger partial charge in [-0.2, -0.15) is 8.42 Å². The fourth-order valence-corrected chi connectivity index (χ4v) is 3.31. The van der Waals surface area contributed by atoms with Gasteiger partial charge < -0.3 is 10.2 Å². The molecule has 1 aromatic carbocycles. The summed E-state index contributed by atoms with van der Waals surface area (Å²) in [7, 11) is -4.48. The molecule has 7 heteroatoms. The van der Waals surface area contributed by atoms with Crippen molar-refractivity contribution in [1.29, 1.82) is 0 Å². The molecule has 0 saturated carbocycles. The summed E-state index contributed by atoms with van der Waals surface area (Å²) in [5.74, 6) is -0.553. The SMILES string of the molecule is O=S(=O)(F)Cc1cc(I)cc(N2CCNCC2)c1. The molecule has 0 unspecified atom stereocenters. The van der Waals surface area contributed by atoms with Crippen LogP contribution >= 0.6 is 22.6 Å². The highest BCUT2D eigenvalue weighted by atomic mass is 127. The van der Waals surface area contributed by atoms with Gasteiger partial charge in [0.1, 0.15) is 5.75 Å². The second-order valence-electron chi connectivity index (χ2n) is 4.24. The van der Waals surface area contributed by atoms with Crippen molar-refractivity contribution in [1.82, 2.24) is 5.32 Å². The maximum atomic E-state index is 12.7. The van der Waals surface area contributed by atoms with Gasteiger partial charge in [-0.3, -0.25) is 0 Å². The van der Waals surface area contributed by atoms with Crippen LogP contribution in [0.1, 0.15) is 5.56 Å². The minimum absolute atomic E-state index is 0.498. The van der Waals surface area contributed by atoms with E-state index < -0.39 is 16.0 Å². The highest BCUT2D eigenvalue weighted by Gasteiger charge is 2.14. The number of nitrogens with one attached hydrogen (secondary N) is 1. The zero-order chi connectivity index (χ0) is 13.2. The standard InChI is InChI=1S/C11H14FIN2O2S/c12-18(16,17)8-9-5-10(13)7-11(6-9)15-3-1-14-2-4-15/h5-7,14H,1-4,8H2. The fourth-order valence-electron chi connectivity index (χ4n) is 2.02. The van der Waals surface area contributed by atoms with Gasteiger partial charge in [-0.1, -0.05) is 0 Å². The summed E-state index contributed by atoms with van der Waals surface area (Å²) < 4.78 is 35.1. The van der Waals surface area contributed by atoms with E-state index in [9.17, 15) is 12.3 Å². The van der Waals surface area contributed by atoms with Crippen LogP contribution in [0.15, 0.2) is 18.2 Å². The number of hydrogen-bond donors (Lipinski definition) is 1. The molecule has 1 aliphatic rings. The molecule has 1 saturated heterocycles. The molecule has 0 bridgehead atoms. The van der Waals surface area contributed by atoms with Crippen molar-refractivity contribution >= 4 is 38.5 Å². The Morgan fingerprint density at radius 3 is 2.56 bits per heavy atom. The van der Waals surface area contributed by atoms with Gasteiger partial charge in [-0.25, -0.2) is 0 Å². The van der Waals surface area contributed by atoms with E-state index in [-0.39, 0.29) is 0 Å². The van der Waals surface area contributed by atoms with Crippen LogP contribution in [-0.4, -0.2) is 34.6 Å². The molecular weight excluding hydrogens is 370 g/mol. The Morgan fingerprint density at radius 2 is 1.94 bits per heavy atom. The summed E-state index contributed by atoms with van der Waals surface area (Å²) in [6, 6.07) is 5.44. The van der Waals surface area contributed by atoms with Crippen molar-refractivity contribution in [2.45, 2.75) is 5.75 Å². The van der Waals surface area contributed by atoms with Crippen molar-refractivity contribution in [3.8, 4) is 0 Å². The van der Waals surface area contributed by atoms with E-state index in [0.717, 1.165) is 35.4 Å². The molecule has 1 aromatic rings. The first-order valence-electron chi connectivity index (χ1n) is 5.61. The summed E-state index contributed by atoms with van der Waals surface area (Å²) in [6.45, 7) is 3.56. The highest BCUT2D eigenvalue weighted by molar-refractivity contribution is 14.1. The van der Waals surface area contributed by atoms with Gasteiger partial charge in [0.15, 0.2) is 0 Å². The van der Waals surface area contributed by atoms with Gasteiger partial charge in [0, 0.05) is 35.4 Å². The van der Waals surface area contributed by atoms with Crippen LogP contribution in [0.3, 0.4) is 0 Å². The van der Waals surface area contributed by atoms with Crippen LogP contribution in [0.25, 0.3) is 0 Å². The lowest BCUT2D eigenvalue weighted by molar-refractivity contribution is 0.551. The molecule has 4 nitrogen and oxygen atoms in total. The van der Waals surface area contributed by atoms with E-state index in [1.165, 1.54) is 0 Å². The van der Waals surface area contributed by atoms with E-state index in [1.54, 1.807) is 12.1 Å². The van der Waals surface area contributed by atoms with Crippen molar-refractivity contribution in [2.24, 2.45) is 0 Å². The minimum atomic E-state index is -4.48. The second-order valence-corrected chi connectivity index (χ2v) is 6.85. The second kappa shape index (κ2) is 5.70. The molecule has 100 valence electrons. The van der Waals surface area contributed by atoms with Crippen molar-refractivity contribution < 1.29 is 12.3 Å². The number of nitrogens with zero attached hydrogens (tertiary/aromatic N) is 1. The molecule has 18 heavy (non-hydrogen) atoms. The number of anilines is 1. The molecule has 0 spiro atoms. The average Bonchev–Trinajstić information content (AvgIpc) is 2.27. The lowest BCUT2D eigenvalue weighted by Crippen LogP contribution is -2.43. The maximum Gasteiger partial charge on any atom is 0.306 e. The Kier molecular flexibility index (Phi) is 4.44. The summed E-state index contributed by atoms with van der Waals surface area (Å²) >= 11 is 2.12. The summed E-state index contributed by atoms with van der Waals surface area (Å²) in [5.41, 5.74) is 1.46. The largest absolute Gasteiger partial charge is 0.369 e. The maximum absolute atomic E-state index is 12.7. The van der Waals surface area contributed by atoms with Crippen LogP contribution in [0.2, 0.25) is 0 Å². The highest BCUT2D eigenvalue weighted by Crippen LogP contribution is 2.22. The third-order valence-electron chi connectivity index (χ3n) is 2.76. The number of hydrogen-bond acceptors (Lipinski definition) is 4. The van der Waals surface area contributed by atoms with Crippen LogP contribution in [0, 0.1) is 3.57 Å². The smallest absolute Gasteiger partial charge is 0.306 e. The molecule has 2 rings (SSSR count). The van der Waals surface area contributed by atoms with Crippen LogP contribution in [0.5, 0.6) is 0 Å². The lowest BCUT2D eigenvalue weighted by atomic mass is 10.2. The first-order chi connectivity index (χ1) is 8.44. The Labute approximate surface area is 120 Å². The molecular formula is C11H14FIN2O2S. The molecule has 1 aliphatic heterocycles. The third-order valence-corrected chi connectivity index (χ3v) is 4.06. The van der Waals surface area contributed by atoms with Gasteiger partial charge >= 0.3 is 10.2 Å².